The molecule has 7 heteroatoms. The lowest BCUT2D eigenvalue weighted by Gasteiger charge is -2.29. The Bertz CT molecular complexity index is 944. The Kier molecular flexibility index (Phi) is 6.05. The van der Waals surface area contributed by atoms with E-state index in [1.165, 1.54) is 0 Å². The van der Waals surface area contributed by atoms with Gasteiger partial charge in [0.15, 0.2) is 0 Å². The van der Waals surface area contributed by atoms with Gasteiger partial charge in [-0.2, -0.15) is 5.26 Å². The van der Waals surface area contributed by atoms with E-state index in [1.54, 1.807) is 42.5 Å². The minimum absolute atomic E-state index is 0.00845. The van der Waals surface area contributed by atoms with Crippen molar-refractivity contribution in [3.63, 3.8) is 0 Å². The number of sulfonamides is 1. The van der Waals surface area contributed by atoms with Crippen LogP contribution in [0.5, 0.6) is 5.75 Å². The molecule has 0 heterocycles. The third-order valence-corrected chi connectivity index (χ3v) is 6.54. The molecular formula is C20H21ClN2O3S. The number of ether oxygens (including phenoxy) is 1. The largest absolute Gasteiger partial charge is 0.490 e. The molecule has 0 atom stereocenters. The average molecular weight is 405 g/mol. The van der Waals surface area contributed by atoms with Crippen molar-refractivity contribution in [3.8, 4) is 11.8 Å². The molecule has 1 N–H and O–H groups in total. The number of nitrogens with zero attached hydrogens (tertiary/aromatic N) is 1. The number of hydrogen-bond acceptors (Lipinski definition) is 4. The fraction of sp³-hybridized carbons (Fsp3) is 0.350. The maximum atomic E-state index is 12.5. The summed E-state index contributed by atoms with van der Waals surface area (Å²) in [5, 5.41) is 9.29. The fourth-order valence-corrected chi connectivity index (χ4v) is 4.67. The van der Waals surface area contributed by atoms with Crippen LogP contribution in [0.2, 0.25) is 5.02 Å². The molecule has 0 unspecified atom stereocenters. The van der Waals surface area contributed by atoms with Gasteiger partial charge in [-0.1, -0.05) is 29.3 Å². The van der Waals surface area contributed by atoms with E-state index in [2.05, 4.69) is 4.72 Å². The van der Waals surface area contributed by atoms with E-state index in [-0.39, 0.29) is 12.1 Å². The van der Waals surface area contributed by atoms with Crippen molar-refractivity contribution >= 4 is 21.6 Å². The van der Waals surface area contributed by atoms with Crippen molar-refractivity contribution in [1.29, 1.82) is 5.26 Å². The summed E-state index contributed by atoms with van der Waals surface area (Å²) in [6.45, 7) is 1.92. The first-order chi connectivity index (χ1) is 12.9. The summed E-state index contributed by atoms with van der Waals surface area (Å²) >= 11 is 6.03. The predicted octanol–water partition coefficient (Wildman–Crippen LogP) is 4.19. The highest BCUT2D eigenvalue weighted by Crippen LogP contribution is 2.27. The summed E-state index contributed by atoms with van der Waals surface area (Å²) in [6.07, 6.45) is 2.92. The molecule has 1 aliphatic rings. The molecular weight excluding hydrogens is 384 g/mol. The normalized spacial score (nSPS) is 20.0. The number of benzene rings is 2. The van der Waals surface area contributed by atoms with Crippen LogP contribution in [0.15, 0.2) is 47.4 Å². The molecule has 3 rings (SSSR count). The smallest absolute Gasteiger partial charge is 0.240 e. The van der Waals surface area contributed by atoms with Gasteiger partial charge in [-0.05, 0) is 56.9 Å². The molecule has 0 saturated heterocycles. The second kappa shape index (κ2) is 8.30. The summed E-state index contributed by atoms with van der Waals surface area (Å²) in [6, 6.07) is 13.8. The molecule has 5 nitrogen and oxygen atoms in total. The lowest BCUT2D eigenvalue weighted by atomic mass is 9.93. The molecule has 0 amide bonds. The third kappa shape index (κ3) is 5.01. The van der Waals surface area contributed by atoms with Crippen LogP contribution in [0.3, 0.4) is 0 Å². The van der Waals surface area contributed by atoms with Crippen LogP contribution in [-0.2, 0) is 10.0 Å². The molecule has 2 aromatic carbocycles. The first-order valence-corrected chi connectivity index (χ1v) is 10.7. The quantitative estimate of drug-likeness (QED) is 0.810. The van der Waals surface area contributed by atoms with Crippen LogP contribution in [-0.4, -0.2) is 20.6 Å². The molecule has 0 spiro atoms. The fourth-order valence-electron chi connectivity index (χ4n) is 3.16. The highest BCUT2D eigenvalue weighted by molar-refractivity contribution is 7.89. The van der Waals surface area contributed by atoms with Crippen molar-refractivity contribution in [2.75, 3.05) is 0 Å². The molecule has 0 aliphatic heterocycles. The minimum atomic E-state index is -3.51. The Balaban J connectivity index is 1.55. The van der Waals surface area contributed by atoms with Crippen LogP contribution in [0, 0.1) is 18.3 Å². The van der Waals surface area contributed by atoms with E-state index in [0.29, 0.717) is 34.1 Å². The first-order valence-electron chi connectivity index (χ1n) is 8.83. The van der Waals surface area contributed by atoms with Crippen molar-refractivity contribution in [1.82, 2.24) is 4.72 Å². The summed E-state index contributed by atoms with van der Waals surface area (Å²) in [7, 11) is -3.51. The van der Waals surface area contributed by atoms with Gasteiger partial charge in [0.2, 0.25) is 10.0 Å². The number of nitriles is 1. The first kappa shape index (κ1) is 19.7. The van der Waals surface area contributed by atoms with Crippen molar-refractivity contribution in [3.05, 3.63) is 58.6 Å². The van der Waals surface area contributed by atoms with E-state index in [4.69, 9.17) is 21.6 Å². The average Bonchev–Trinajstić information content (AvgIpc) is 2.64. The summed E-state index contributed by atoms with van der Waals surface area (Å²) < 4.78 is 33.7. The highest BCUT2D eigenvalue weighted by atomic mass is 35.5. The van der Waals surface area contributed by atoms with Gasteiger partial charge in [-0.3, -0.25) is 0 Å². The molecule has 1 fully saturated rings. The summed E-state index contributed by atoms with van der Waals surface area (Å²) in [5.74, 6) is 0.627. The number of rotatable bonds is 5. The van der Waals surface area contributed by atoms with Crippen LogP contribution in [0.25, 0.3) is 0 Å². The Morgan fingerprint density at radius 3 is 2.37 bits per heavy atom. The van der Waals surface area contributed by atoms with Crippen molar-refractivity contribution in [2.24, 2.45) is 0 Å². The van der Waals surface area contributed by atoms with Crippen molar-refractivity contribution < 1.29 is 13.2 Å². The zero-order valence-corrected chi connectivity index (χ0v) is 16.6. The maximum Gasteiger partial charge on any atom is 0.240 e. The molecule has 2 aromatic rings. The molecule has 1 aliphatic carbocycles. The van der Waals surface area contributed by atoms with E-state index in [9.17, 15) is 8.42 Å². The topological polar surface area (TPSA) is 79.2 Å². The lowest BCUT2D eigenvalue weighted by Crippen LogP contribution is -2.39. The van der Waals surface area contributed by atoms with Gasteiger partial charge in [0.25, 0.3) is 0 Å². The Labute approximate surface area is 165 Å². The minimum Gasteiger partial charge on any atom is -0.490 e. The van der Waals surface area contributed by atoms with Gasteiger partial charge in [-0.25, -0.2) is 13.1 Å². The van der Waals surface area contributed by atoms with Crippen LogP contribution in [0.1, 0.15) is 36.8 Å². The van der Waals surface area contributed by atoms with E-state index >= 15 is 0 Å². The number of hydrogen-bond donors (Lipinski definition) is 1. The maximum absolute atomic E-state index is 12.5. The second-order valence-electron chi connectivity index (χ2n) is 6.78. The molecule has 1 saturated carbocycles. The van der Waals surface area contributed by atoms with Crippen molar-refractivity contribution in [2.45, 2.75) is 49.6 Å². The van der Waals surface area contributed by atoms with Gasteiger partial charge >= 0.3 is 0 Å². The highest BCUT2D eigenvalue weighted by Gasteiger charge is 2.26. The molecule has 27 heavy (non-hydrogen) atoms. The predicted molar refractivity (Wildman–Crippen MR) is 104 cm³/mol. The van der Waals surface area contributed by atoms with E-state index in [0.717, 1.165) is 18.4 Å². The van der Waals surface area contributed by atoms with Gasteiger partial charge < -0.3 is 4.74 Å². The summed E-state index contributed by atoms with van der Waals surface area (Å²) in [4.78, 5) is 0.290. The Morgan fingerprint density at radius 1 is 1.11 bits per heavy atom. The Morgan fingerprint density at radius 2 is 1.78 bits per heavy atom. The van der Waals surface area contributed by atoms with E-state index < -0.39 is 10.0 Å². The monoisotopic (exact) mass is 404 g/mol. The SMILES string of the molecule is Cc1ccc(S(=O)(=O)NC2CCC(Oc3ccc(C#N)c(Cl)c3)CC2)cc1. The molecule has 0 bridgehead atoms. The zero-order chi connectivity index (χ0) is 19.4. The zero-order valence-electron chi connectivity index (χ0n) is 15.0. The third-order valence-electron chi connectivity index (χ3n) is 4.69. The standard InChI is InChI=1S/C20H21ClN2O3S/c1-14-2-10-19(11-3-14)27(24,25)23-16-5-8-17(9-6-16)26-18-7-4-15(13-22)20(21)12-18/h2-4,7,10-12,16-17,23H,5-6,8-9H2,1H3. The lowest BCUT2D eigenvalue weighted by molar-refractivity contribution is 0.144. The second-order valence-corrected chi connectivity index (χ2v) is 8.90. The van der Waals surface area contributed by atoms with Gasteiger partial charge in [0.05, 0.1) is 21.6 Å². The number of nitrogens with one attached hydrogen (secondary N) is 1. The molecule has 0 aromatic heterocycles. The number of halogens is 1. The van der Waals surface area contributed by atoms with Gasteiger partial charge in [0.1, 0.15) is 11.8 Å². The van der Waals surface area contributed by atoms with Crippen LogP contribution in [0.4, 0.5) is 0 Å². The van der Waals surface area contributed by atoms with E-state index in [1.807, 2.05) is 13.0 Å². The Hall–Kier alpha value is -2.07. The number of aryl methyl sites for hydroxylation is 1. The molecule has 0 radical (unpaired) electrons. The molecule has 142 valence electrons. The van der Waals surface area contributed by atoms with Crippen LogP contribution >= 0.6 is 11.6 Å². The van der Waals surface area contributed by atoms with Gasteiger partial charge in [-0.15, -0.1) is 0 Å². The van der Waals surface area contributed by atoms with Gasteiger partial charge in [0, 0.05) is 12.1 Å². The summed E-state index contributed by atoms with van der Waals surface area (Å²) in [5.41, 5.74) is 1.44. The van der Waals surface area contributed by atoms with Crippen LogP contribution < -0.4 is 9.46 Å².